The minimum Gasteiger partial charge on any atom is -0.497 e. The Morgan fingerprint density at radius 1 is 0.909 bits per heavy atom. The van der Waals surface area contributed by atoms with Gasteiger partial charge in [0.05, 0.1) is 17.8 Å². The largest absolute Gasteiger partial charge is 0.497 e. The molecule has 0 bridgehead atoms. The molecule has 0 unspecified atom stereocenters. The van der Waals surface area contributed by atoms with Crippen LogP contribution in [0.5, 0.6) is 5.75 Å². The molecule has 1 saturated heterocycles. The Balaban J connectivity index is 1.36. The maximum Gasteiger partial charge on any atom is 0.253 e. The zero-order chi connectivity index (χ0) is 23.3. The van der Waals surface area contributed by atoms with Crippen LogP contribution in [0.3, 0.4) is 0 Å². The number of benzene rings is 3. The van der Waals surface area contributed by atoms with Crippen molar-refractivity contribution in [2.45, 2.75) is 29.9 Å². The highest BCUT2D eigenvalue weighted by molar-refractivity contribution is 7.90. The Bertz CT molecular complexity index is 1180. The highest BCUT2D eigenvalue weighted by Gasteiger charge is 2.24. The highest BCUT2D eigenvalue weighted by atomic mass is 32.2. The second-order valence-corrected chi connectivity index (χ2v) is 10.5. The van der Waals surface area contributed by atoms with Crippen molar-refractivity contribution in [1.82, 2.24) is 4.90 Å². The first kappa shape index (κ1) is 23.1. The predicted octanol–water partition coefficient (Wildman–Crippen LogP) is 4.76. The quantitative estimate of drug-likeness (QED) is 0.507. The molecule has 1 amide bonds. The number of carbonyl (C=O) groups excluding carboxylic acids is 1. The summed E-state index contributed by atoms with van der Waals surface area (Å²) in [5.41, 5.74) is 2.45. The Labute approximate surface area is 195 Å². The van der Waals surface area contributed by atoms with Crippen molar-refractivity contribution in [2.75, 3.05) is 20.2 Å². The van der Waals surface area contributed by atoms with E-state index in [0.717, 1.165) is 25.0 Å². The number of hydrogen-bond donors (Lipinski definition) is 0. The molecule has 0 spiro atoms. The predicted molar refractivity (Wildman–Crippen MR) is 129 cm³/mol. The molecule has 3 aromatic rings. The molecule has 0 saturated carbocycles. The summed E-state index contributed by atoms with van der Waals surface area (Å²) in [5.74, 6) is 1.25. The van der Waals surface area contributed by atoms with Gasteiger partial charge in [-0.15, -0.1) is 0 Å². The molecular weight excluding hydrogens is 434 g/mol. The first-order chi connectivity index (χ1) is 15.9. The third kappa shape index (κ3) is 5.82. The number of hydrogen-bond acceptors (Lipinski definition) is 4. The second kappa shape index (κ2) is 10.2. The molecule has 4 rings (SSSR count). The van der Waals surface area contributed by atoms with Crippen LogP contribution in [0.4, 0.5) is 0 Å². The average molecular weight is 464 g/mol. The van der Waals surface area contributed by atoms with Crippen molar-refractivity contribution in [3.05, 3.63) is 95.6 Å². The smallest absolute Gasteiger partial charge is 0.253 e. The Morgan fingerprint density at radius 2 is 1.61 bits per heavy atom. The van der Waals surface area contributed by atoms with Crippen molar-refractivity contribution in [3.63, 3.8) is 0 Å². The van der Waals surface area contributed by atoms with Gasteiger partial charge in [0.1, 0.15) is 5.75 Å². The number of ether oxygens (including phenoxy) is 1. The van der Waals surface area contributed by atoms with Crippen LogP contribution >= 0.6 is 0 Å². The fourth-order valence-corrected chi connectivity index (χ4v) is 5.70. The molecule has 0 N–H and O–H groups in total. The fourth-order valence-electron chi connectivity index (χ4n) is 4.34. The molecule has 0 atom stereocenters. The van der Waals surface area contributed by atoms with Crippen LogP contribution in [-0.4, -0.2) is 39.4 Å². The summed E-state index contributed by atoms with van der Waals surface area (Å²) in [5, 5.41) is 0. The van der Waals surface area contributed by atoms with Gasteiger partial charge < -0.3 is 9.64 Å². The topological polar surface area (TPSA) is 63.7 Å². The summed E-state index contributed by atoms with van der Waals surface area (Å²) in [6.07, 6.45) is 2.92. The van der Waals surface area contributed by atoms with E-state index in [1.807, 2.05) is 17.0 Å². The van der Waals surface area contributed by atoms with Gasteiger partial charge in [-0.3, -0.25) is 4.79 Å². The number of amides is 1. The van der Waals surface area contributed by atoms with Gasteiger partial charge in [-0.05, 0) is 72.7 Å². The number of sulfone groups is 1. The van der Waals surface area contributed by atoms with E-state index in [0.29, 0.717) is 35.0 Å². The van der Waals surface area contributed by atoms with Crippen molar-refractivity contribution in [2.24, 2.45) is 5.92 Å². The zero-order valence-corrected chi connectivity index (χ0v) is 19.6. The van der Waals surface area contributed by atoms with Crippen LogP contribution in [0.25, 0.3) is 0 Å². The first-order valence-electron chi connectivity index (χ1n) is 11.2. The van der Waals surface area contributed by atoms with Crippen LogP contribution in [0.2, 0.25) is 0 Å². The van der Waals surface area contributed by atoms with Gasteiger partial charge in [-0.2, -0.15) is 0 Å². The van der Waals surface area contributed by atoms with Gasteiger partial charge in [0.25, 0.3) is 5.91 Å². The summed E-state index contributed by atoms with van der Waals surface area (Å²) in [7, 11) is -1.79. The molecule has 1 aliphatic rings. The van der Waals surface area contributed by atoms with E-state index in [1.165, 1.54) is 5.56 Å². The lowest BCUT2D eigenvalue weighted by Crippen LogP contribution is -2.39. The van der Waals surface area contributed by atoms with E-state index < -0.39 is 9.84 Å². The fraction of sp³-hybridized carbons (Fsp3) is 0.296. The van der Waals surface area contributed by atoms with Crippen molar-refractivity contribution < 1.29 is 17.9 Å². The van der Waals surface area contributed by atoms with Crippen molar-refractivity contribution in [3.8, 4) is 5.75 Å². The monoisotopic (exact) mass is 463 g/mol. The molecule has 1 fully saturated rings. The molecule has 33 heavy (non-hydrogen) atoms. The minimum absolute atomic E-state index is 0.0307. The molecule has 1 aliphatic heterocycles. The number of rotatable bonds is 7. The lowest BCUT2D eigenvalue weighted by Gasteiger charge is -2.32. The van der Waals surface area contributed by atoms with Gasteiger partial charge in [0.15, 0.2) is 9.84 Å². The number of carbonyl (C=O) groups is 1. The minimum atomic E-state index is -3.45. The molecule has 1 heterocycles. The lowest BCUT2D eigenvalue weighted by molar-refractivity contribution is 0.0690. The number of likely N-dealkylation sites (tertiary alicyclic amines) is 1. The van der Waals surface area contributed by atoms with E-state index in [2.05, 4.69) is 12.1 Å². The van der Waals surface area contributed by atoms with Crippen LogP contribution in [0.15, 0.2) is 83.8 Å². The number of methoxy groups -OCH3 is 1. The van der Waals surface area contributed by atoms with Crippen molar-refractivity contribution in [1.29, 1.82) is 0 Å². The lowest BCUT2D eigenvalue weighted by atomic mass is 9.90. The second-order valence-electron chi connectivity index (χ2n) is 8.56. The molecule has 0 radical (unpaired) electrons. The third-order valence-electron chi connectivity index (χ3n) is 6.22. The Hall–Kier alpha value is -3.12. The average Bonchev–Trinajstić information content (AvgIpc) is 2.85. The molecule has 5 nitrogen and oxygen atoms in total. The van der Waals surface area contributed by atoms with Crippen LogP contribution in [-0.2, 0) is 22.0 Å². The van der Waals surface area contributed by atoms with Gasteiger partial charge in [0.2, 0.25) is 0 Å². The summed E-state index contributed by atoms with van der Waals surface area (Å²) >= 11 is 0. The van der Waals surface area contributed by atoms with Crippen LogP contribution in [0.1, 0.15) is 34.3 Å². The number of nitrogens with zero attached hydrogens (tertiary/aromatic N) is 1. The maximum absolute atomic E-state index is 13.1. The van der Waals surface area contributed by atoms with Crippen LogP contribution in [0, 0.1) is 5.92 Å². The van der Waals surface area contributed by atoms with E-state index >= 15 is 0 Å². The Morgan fingerprint density at radius 3 is 2.27 bits per heavy atom. The van der Waals surface area contributed by atoms with Gasteiger partial charge in [-0.25, -0.2) is 8.42 Å². The van der Waals surface area contributed by atoms with Gasteiger partial charge >= 0.3 is 0 Å². The van der Waals surface area contributed by atoms with Crippen LogP contribution < -0.4 is 4.74 Å². The Kier molecular flexibility index (Phi) is 7.14. The third-order valence-corrected chi connectivity index (χ3v) is 7.92. The molecule has 0 aliphatic carbocycles. The first-order valence-corrected chi connectivity index (χ1v) is 12.9. The van der Waals surface area contributed by atoms with E-state index in [9.17, 15) is 13.2 Å². The summed E-state index contributed by atoms with van der Waals surface area (Å²) < 4.78 is 30.6. The summed E-state index contributed by atoms with van der Waals surface area (Å²) in [6, 6.07) is 23.6. The summed E-state index contributed by atoms with van der Waals surface area (Å²) in [4.78, 5) is 15.3. The molecular formula is C27H29NO4S. The maximum atomic E-state index is 13.1. The normalized spacial score (nSPS) is 14.8. The summed E-state index contributed by atoms with van der Waals surface area (Å²) in [6.45, 7) is 1.43. The van der Waals surface area contributed by atoms with Gasteiger partial charge in [-0.1, -0.05) is 42.5 Å². The van der Waals surface area contributed by atoms with E-state index in [-0.39, 0.29) is 11.7 Å². The zero-order valence-electron chi connectivity index (χ0n) is 18.8. The molecule has 172 valence electrons. The number of piperidine rings is 1. The van der Waals surface area contributed by atoms with Gasteiger partial charge in [0, 0.05) is 18.7 Å². The van der Waals surface area contributed by atoms with E-state index in [1.54, 1.807) is 61.7 Å². The molecule has 0 aromatic heterocycles. The van der Waals surface area contributed by atoms with Crippen molar-refractivity contribution >= 4 is 15.7 Å². The van der Waals surface area contributed by atoms with E-state index in [4.69, 9.17) is 4.74 Å². The highest BCUT2D eigenvalue weighted by Crippen LogP contribution is 2.24. The molecule has 3 aromatic carbocycles. The molecule has 6 heteroatoms. The SMILES string of the molecule is COc1ccc(CC2CCN(C(=O)c3cccc(CS(=O)(=O)c4ccccc4)c3)CC2)cc1. The standard InChI is InChI=1S/C27H29NO4S/c1-32-25-12-10-21(11-13-25)18-22-14-16-28(17-15-22)27(29)24-7-5-6-23(19-24)20-33(30,31)26-8-3-2-4-9-26/h2-13,19,22H,14-18,20H2,1H3.